The van der Waals surface area contributed by atoms with Gasteiger partial charge in [0.05, 0.1) is 11.6 Å². The molecule has 4 aromatic rings. The Hall–Kier alpha value is -3.78. The number of nitriles is 1. The SMILES string of the molecule is CO[C@H]1[C@H](c2ccccc2)C2(c3ccccc3-c3ccccc32)N(c2ccc(Cl)cc2)N1C#N. The minimum atomic E-state index is -0.696. The molecule has 0 amide bonds. The molecular weight excluding hydrogens is 442 g/mol. The van der Waals surface area contributed by atoms with E-state index in [2.05, 4.69) is 71.9 Å². The first-order chi connectivity index (χ1) is 16.7. The zero-order chi connectivity index (χ0) is 23.3. The Bertz CT molecular complexity index is 1350. The van der Waals surface area contributed by atoms with Crippen LogP contribution in [0, 0.1) is 11.5 Å². The van der Waals surface area contributed by atoms with Gasteiger partial charge in [0.1, 0.15) is 5.54 Å². The lowest BCUT2D eigenvalue weighted by molar-refractivity contribution is 0.0102. The topological polar surface area (TPSA) is 39.5 Å². The second-order valence-corrected chi connectivity index (χ2v) is 9.04. The smallest absolute Gasteiger partial charge is 0.202 e. The first kappa shape index (κ1) is 20.8. The first-order valence-electron chi connectivity index (χ1n) is 11.2. The number of benzene rings is 4. The summed E-state index contributed by atoms with van der Waals surface area (Å²) < 4.78 is 6.11. The summed E-state index contributed by atoms with van der Waals surface area (Å²) in [5.41, 5.74) is 5.94. The molecule has 0 saturated carbocycles. The molecule has 4 nitrogen and oxygen atoms in total. The number of fused-ring (bicyclic) bond motifs is 5. The summed E-state index contributed by atoms with van der Waals surface area (Å²) in [6.45, 7) is 0. The third kappa shape index (κ3) is 2.69. The number of ether oxygens (including phenoxy) is 1. The van der Waals surface area contributed by atoms with Crippen LogP contribution >= 0.6 is 11.6 Å². The maximum absolute atomic E-state index is 10.5. The van der Waals surface area contributed by atoms with Crippen molar-refractivity contribution in [2.45, 2.75) is 17.7 Å². The molecule has 0 N–H and O–H groups in total. The van der Waals surface area contributed by atoms with Gasteiger partial charge in [-0.1, -0.05) is 90.5 Å². The molecule has 0 aromatic heterocycles. The zero-order valence-electron chi connectivity index (χ0n) is 18.6. The average molecular weight is 464 g/mol. The minimum absolute atomic E-state index is 0.182. The lowest BCUT2D eigenvalue weighted by atomic mass is 9.72. The van der Waals surface area contributed by atoms with Gasteiger partial charge in [0, 0.05) is 12.1 Å². The highest BCUT2D eigenvalue weighted by Crippen LogP contribution is 2.63. The summed E-state index contributed by atoms with van der Waals surface area (Å²) in [5.74, 6) is -0.182. The Morgan fingerprint density at radius 3 is 1.91 bits per heavy atom. The van der Waals surface area contributed by atoms with Gasteiger partial charge in [-0.25, -0.2) is 0 Å². The predicted molar refractivity (Wildman–Crippen MR) is 134 cm³/mol. The molecule has 1 aliphatic carbocycles. The molecule has 2 atom stereocenters. The first-order valence-corrected chi connectivity index (χ1v) is 11.6. The molecule has 6 rings (SSSR count). The summed E-state index contributed by atoms with van der Waals surface area (Å²) in [7, 11) is 1.68. The van der Waals surface area contributed by atoms with Crippen molar-refractivity contribution in [2.24, 2.45) is 0 Å². The molecule has 5 heteroatoms. The number of hydrogen-bond donors (Lipinski definition) is 0. The van der Waals surface area contributed by atoms with Crippen LogP contribution in [0.1, 0.15) is 22.6 Å². The van der Waals surface area contributed by atoms with Gasteiger partial charge in [0.2, 0.25) is 6.19 Å². The molecule has 0 unspecified atom stereocenters. The van der Waals surface area contributed by atoms with E-state index < -0.39 is 11.8 Å². The van der Waals surface area contributed by atoms with E-state index in [4.69, 9.17) is 16.3 Å². The number of anilines is 1. The van der Waals surface area contributed by atoms with Crippen molar-refractivity contribution in [3.8, 4) is 17.3 Å². The van der Waals surface area contributed by atoms with Gasteiger partial charge in [0.15, 0.2) is 6.23 Å². The minimum Gasteiger partial charge on any atom is -0.358 e. The van der Waals surface area contributed by atoms with Crippen LogP contribution in [-0.2, 0) is 10.3 Å². The Morgan fingerprint density at radius 1 is 0.794 bits per heavy atom. The van der Waals surface area contributed by atoms with E-state index in [9.17, 15) is 5.26 Å². The summed E-state index contributed by atoms with van der Waals surface area (Å²) >= 11 is 6.26. The van der Waals surface area contributed by atoms with Gasteiger partial charge in [-0.2, -0.15) is 10.3 Å². The maximum Gasteiger partial charge on any atom is 0.202 e. The maximum atomic E-state index is 10.5. The molecule has 2 aliphatic rings. The molecule has 1 aliphatic heterocycles. The van der Waals surface area contributed by atoms with Gasteiger partial charge >= 0.3 is 0 Å². The molecule has 1 saturated heterocycles. The van der Waals surface area contributed by atoms with Crippen molar-refractivity contribution >= 4 is 17.3 Å². The van der Waals surface area contributed by atoms with E-state index in [0.29, 0.717) is 5.02 Å². The average Bonchev–Trinajstić information content (AvgIpc) is 3.36. The van der Waals surface area contributed by atoms with Gasteiger partial charge in [-0.15, -0.1) is 0 Å². The summed E-state index contributed by atoms with van der Waals surface area (Å²) in [6.07, 6.45) is 1.93. The number of rotatable bonds is 3. The van der Waals surface area contributed by atoms with Crippen LogP contribution in [-0.4, -0.2) is 18.3 Å². The highest BCUT2D eigenvalue weighted by Gasteiger charge is 2.64. The highest BCUT2D eigenvalue weighted by atomic mass is 35.5. The van der Waals surface area contributed by atoms with E-state index >= 15 is 0 Å². The van der Waals surface area contributed by atoms with E-state index in [1.54, 1.807) is 12.1 Å². The third-order valence-corrected chi connectivity index (χ3v) is 7.32. The second-order valence-electron chi connectivity index (χ2n) is 8.60. The molecule has 0 bridgehead atoms. The van der Waals surface area contributed by atoms with Crippen molar-refractivity contribution in [3.05, 3.63) is 125 Å². The number of methoxy groups -OCH3 is 1. The fourth-order valence-electron chi connectivity index (χ4n) is 5.89. The molecular formula is C29H22ClN3O. The number of halogens is 1. The second kappa shape index (κ2) is 7.92. The lowest BCUT2D eigenvalue weighted by Gasteiger charge is -2.42. The van der Waals surface area contributed by atoms with Crippen LogP contribution in [0.4, 0.5) is 5.69 Å². The largest absolute Gasteiger partial charge is 0.358 e. The van der Waals surface area contributed by atoms with Crippen molar-refractivity contribution < 1.29 is 4.74 Å². The molecule has 166 valence electrons. The van der Waals surface area contributed by atoms with Gasteiger partial charge in [-0.05, 0) is 52.1 Å². The molecule has 1 heterocycles. The number of nitrogens with zero attached hydrogens (tertiary/aromatic N) is 3. The van der Waals surface area contributed by atoms with Crippen LogP contribution in [0.5, 0.6) is 0 Å². The summed E-state index contributed by atoms with van der Waals surface area (Å²) in [5, 5.41) is 14.9. The normalized spacial score (nSPS) is 19.7. The Morgan fingerprint density at radius 2 is 1.35 bits per heavy atom. The van der Waals surface area contributed by atoms with Crippen molar-refractivity contribution in [1.29, 1.82) is 5.26 Å². The number of hydrazine groups is 1. The Balaban J connectivity index is 1.76. The van der Waals surface area contributed by atoms with E-state index in [0.717, 1.165) is 22.4 Å². The van der Waals surface area contributed by atoms with Crippen LogP contribution in [0.3, 0.4) is 0 Å². The van der Waals surface area contributed by atoms with Gasteiger partial charge < -0.3 is 4.74 Å². The molecule has 4 aromatic carbocycles. The van der Waals surface area contributed by atoms with Crippen LogP contribution in [0.25, 0.3) is 11.1 Å². The Labute approximate surface area is 204 Å². The Kier molecular flexibility index (Phi) is 4.84. The van der Waals surface area contributed by atoms with Crippen molar-refractivity contribution in [1.82, 2.24) is 5.01 Å². The standard InChI is InChI=1S/C29H22ClN3O/c1-34-28-27(20-9-3-2-4-10-20)29(33(32(28)19-31)22-17-15-21(30)16-18-22)25-13-7-5-11-23(25)24-12-6-8-14-26(24)29/h2-18,27-28H,1H3/t27-,28-/m0/s1. The molecule has 1 spiro atoms. The predicted octanol–water partition coefficient (Wildman–Crippen LogP) is 6.54. The summed E-state index contributed by atoms with van der Waals surface area (Å²) in [4.78, 5) is 0. The van der Waals surface area contributed by atoms with Crippen molar-refractivity contribution in [3.63, 3.8) is 0 Å². The molecule has 1 fully saturated rings. The van der Waals surface area contributed by atoms with E-state index in [1.807, 2.05) is 42.5 Å². The zero-order valence-corrected chi connectivity index (χ0v) is 19.4. The highest BCUT2D eigenvalue weighted by molar-refractivity contribution is 6.30. The molecule has 0 radical (unpaired) electrons. The quantitative estimate of drug-likeness (QED) is 0.323. The van der Waals surface area contributed by atoms with Crippen molar-refractivity contribution in [2.75, 3.05) is 12.1 Å². The van der Waals surface area contributed by atoms with Gasteiger partial charge in [-0.3, -0.25) is 5.01 Å². The fraction of sp³-hybridized carbons (Fsp3) is 0.138. The number of hydrogen-bond acceptors (Lipinski definition) is 4. The fourth-order valence-corrected chi connectivity index (χ4v) is 6.01. The van der Waals surface area contributed by atoms with E-state index in [-0.39, 0.29) is 5.92 Å². The summed E-state index contributed by atoms with van der Waals surface area (Å²) in [6, 6.07) is 35.0. The third-order valence-electron chi connectivity index (χ3n) is 7.07. The monoisotopic (exact) mass is 463 g/mol. The van der Waals surface area contributed by atoms with E-state index in [1.165, 1.54) is 11.1 Å². The van der Waals surface area contributed by atoms with Crippen LogP contribution in [0.15, 0.2) is 103 Å². The molecule has 34 heavy (non-hydrogen) atoms. The lowest BCUT2D eigenvalue weighted by Crippen LogP contribution is -2.48. The van der Waals surface area contributed by atoms with Crippen LogP contribution < -0.4 is 5.01 Å². The van der Waals surface area contributed by atoms with Crippen LogP contribution in [0.2, 0.25) is 5.02 Å². The van der Waals surface area contributed by atoms with Gasteiger partial charge in [0.25, 0.3) is 0 Å².